The first-order valence-electron chi connectivity index (χ1n) is 9.26. The Morgan fingerprint density at radius 3 is 2.79 bits per heavy atom. The van der Waals surface area contributed by atoms with Crippen molar-refractivity contribution in [1.29, 1.82) is 0 Å². The Bertz CT molecular complexity index is 1130. The molecule has 0 aliphatic rings. The molecule has 0 aliphatic heterocycles. The van der Waals surface area contributed by atoms with E-state index in [2.05, 4.69) is 29.2 Å². The molecule has 0 bridgehead atoms. The normalized spacial score (nSPS) is 11.2. The molecule has 0 saturated heterocycles. The first kappa shape index (κ1) is 18.2. The summed E-state index contributed by atoms with van der Waals surface area (Å²) < 4.78 is 10.8. The van der Waals surface area contributed by atoms with Gasteiger partial charge in [0.05, 0.1) is 6.61 Å². The maximum absolute atomic E-state index is 13.0. The zero-order valence-corrected chi connectivity index (χ0v) is 16.0. The molecule has 0 spiro atoms. The number of aromatic nitrogens is 1. The van der Waals surface area contributed by atoms with E-state index in [1.807, 2.05) is 31.3 Å². The molecule has 28 heavy (non-hydrogen) atoms. The Labute approximate surface area is 163 Å². The van der Waals surface area contributed by atoms with Crippen LogP contribution in [0.4, 0.5) is 0 Å². The Morgan fingerprint density at radius 1 is 1.11 bits per heavy atom. The van der Waals surface area contributed by atoms with Gasteiger partial charge in [0.25, 0.3) is 5.91 Å². The van der Waals surface area contributed by atoms with Crippen LogP contribution >= 0.6 is 0 Å². The summed E-state index contributed by atoms with van der Waals surface area (Å²) in [6.45, 7) is 1.08. The van der Waals surface area contributed by atoms with Crippen LogP contribution in [0.1, 0.15) is 21.8 Å². The van der Waals surface area contributed by atoms with Crippen molar-refractivity contribution in [2.45, 2.75) is 13.0 Å². The minimum atomic E-state index is -0.0512. The number of carbonyl (C=O) groups excluding carboxylic acids is 1. The molecule has 1 amide bonds. The van der Waals surface area contributed by atoms with Gasteiger partial charge in [-0.15, -0.1) is 0 Å². The second-order valence-corrected chi connectivity index (χ2v) is 6.83. The van der Waals surface area contributed by atoms with Gasteiger partial charge >= 0.3 is 0 Å². The number of benzene rings is 3. The van der Waals surface area contributed by atoms with E-state index in [-0.39, 0.29) is 5.91 Å². The summed E-state index contributed by atoms with van der Waals surface area (Å²) in [5, 5.41) is 2.34. The van der Waals surface area contributed by atoms with Crippen LogP contribution < -0.4 is 0 Å². The third-order valence-corrected chi connectivity index (χ3v) is 4.83. The summed E-state index contributed by atoms with van der Waals surface area (Å²) in [7, 11) is 3.46. The van der Waals surface area contributed by atoms with Gasteiger partial charge in [-0.3, -0.25) is 4.79 Å². The molecule has 142 valence electrons. The van der Waals surface area contributed by atoms with Crippen LogP contribution in [0.25, 0.3) is 21.9 Å². The van der Waals surface area contributed by atoms with Crippen molar-refractivity contribution in [2.24, 2.45) is 0 Å². The predicted octanol–water partition coefficient (Wildman–Crippen LogP) is 4.44. The van der Waals surface area contributed by atoms with Crippen molar-refractivity contribution in [3.05, 3.63) is 77.7 Å². The second kappa shape index (κ2) is 7.82. The lowest BCUT2D eigenvalue weighted by Crippen LogP contribution is -2.26. The molecule has 4 rings (SSSR count). The van der Waals surface area contributed by atoms with Crippen molar-refractivity contribution in [2.75, 3.05) is 20.8 Å². The number of nitrogens with zero attached hydrogens (tertiary/aromatic N) is 2. The van der Waals surface area contributed by atoms with Crippen LogP contribution in [0.3, 0.4) is 0 Å². The predicted molar refractivity (Wildman–Crippen MR) is 109 cm³/mol. The number of fused-ring (bicyclic) bond motifs is 2. The van der Waals surface area contributed by atoms with E-state index in [9.17, 15) is 4.79 Å². The summed E-state index contributed by atoms with van der Waals surface area (Å²) >= 11 is 0. The van der Waals surface area contributed by atoms with Gasteiger partial charge in [-0.1, -0.05) is 42.5 Å². The highest BCUT2D eigenvalue weighted by atomic mass is 16.5. The van der Waals surface area contributed by atoms with Crippen LogP contribution in [0.5, 0.6) is 0 Å². The zero-order valence-electron chi connectivity index (χ0n) is 16.0. The van der Waals surface area contributed by atoms with Crippen molar-refractivity contribution in [1.82, 2.24) is 9.88 Å². The summed E-state index contributed by atoms with van der Waals surface area (Å²) in [5.74, 6) is 0.565. The van der Waals surface area contributed by atoms with Crippen LogP contribution in [-0.2, 0) is 17.7 Å². The van der Waals surface area contributed by atoms with Gasteiger partial charge in [-0.05, 0) is 34.5 Å². The fourth-order valence-corrected chi connectivity index (χ4v) is 3.38. The van der Waals surface area contributed by atoms with Gasteiger partial charge in [-0.25, -0.2) is 4.98 Å². The van der Waals surface area contributed by atoms with Gasteiger partial charge < -0.3 is 14.1 Å². The molecule has 1 aromatic heterocycles. The largest absolute Gasteiger partial charge is 0.441 e. The summed E-state index contributed by atoms with van der Waals surface area (Å²) in [6, 6.07) is 19.8. The number of hydrogen-bond acceptors (Lipinski definition) is 4. The first-order chi connectivity index (χ1) is 13.7. The smallest absolute Gasteiger partial charge is 0.254 e. The molecular weight excluding hydrogens is 352 g/mol. The lowest BCUT2D eigenvalue weighted by atomic mass is 10.0. The molecule has 5 heteroatoms. The molecule has 0 saturated carbocycles. The Hall–Kier alpha value is -3.18. The summed E-state index contributed by atoms with van der Waals surface area (Å²) in [5.41, 5.74) is 3.08. The molecular formula is C23H22N2O3. The maximum Gasteiger partial charge on any atom is 0.254 e. The molecule has 4 aromatic rings. The molecule has 0 aliphatic carbocycles. The van der Waals surface area contributed by atoms with Gasteiger partial charge in [0.1, 0.15) is 5.52 Å². The topological polar surface area (TPSA) is 55.6 Å². The van der Waals surface area contributed by atoms with E-state index in [0.29, 0.717) is 36.6 Å². The first-order valence-corrected chi connectivity index (χ1v) is 9.26. The monoisotopic (exact) mass is 374 g/mol. The highest BCUT2D eigenvalue weighted by molar-refractivity contribution is 5.97. The van der Waals surface area contributed by atoms with E-state index < -0.39 is 0 Å². The van der Waals surface area contributed by atoms with Gasteiger partial charge in [-0.2, -0.15) is 0 Å². The van der Waals surface area contributed by atoms with E-state index in [1.54, 1.807) is 24.1 Å². The van der Waals surface area contributed by atoms with Gasteiger partial charge in [0.15, 0.2) is 11.5 Å². The second-order valence-electron chi connectivity index (χ2n) is 6.83. The molecule has 0 fully saturated rings. The molecule has 0 N–H and O–H groups in total. The number of oxazole rings is 1. The lowest BCUT2D eigenvalue weighted by molar-refractivity contribution is 0.0785. The van der Waals surface area contributed by atoms with Crippen LogP contribution in [0.2, 0.25) is 0 Å². The van der Waals surface area contributed by atoms with E-state index in [0.717, 1.165) is 16.5 Å². The van der Waals surface area contributed by atoms with E-state index in [4.69, 9.17) is 9.15 Å². The molecule has 0 unspecified atom stereocenters. The van der Waals surface area contributed by atoms with Crippen molar-refractivity contribution in [3.63, 3.8) is 0 Å². The Balaban J connectivity index is 1.56. The van der Waals surface area contributed by atoms with Crippen molar-refractivity contribution in [3.8, 4) is 0 Å². The fraction of sp³-hybridized carbons (Fsp3) is 0.217. The lowest BCUT2D eigenvalue weighted by Gasteiger charge is -2.18. The SMILES string of the molecule is COCCc1nc2ccc(C(=O)N(C)Cc3cccc4ccccc34)cc2o1. The van der Waals surface area contributed by atoms with Gasteiger partial charge in [0, 0.05) is 32.7 Å². The number of hydrogen-bond donors (Lipinski definition) is 0. The minimum Gasteiger partial charge on any atom is -0.441 e. The molecule has 0 radical (unpaired) electrons. The van der Waals surface area contributed by atoms with Crippen LogP contribution in [-0.4, -0.2) is 36.6 Å². The van der Waals surface area contributed by atoms with Crippen LogP contribution in [0, 0.1) is 0 Å². The molecule has 5 nitrogen and oxygen atoms in total. The summed E-state index contributed by atoms with van der Waals surface area (Å²) in [6.07, 6.45) is 0.607. The van der Waals surface area contributed by atoms with Crippen molar-refractivity contribution < 1.29 is 13.9 Å². The standard InChI is InChI=1S/C23H22N2O3/c1-25(15-18-8-5-7-16-6-3-4-9-19(16)18)23(26)17-10-11-20-21(14-17)28-22(24-20)12-13-27-2/h3-11,14H,12-13,15H2,1-2H3. The molecule has 0 atom stereocenters. The molecule has 3 aromatic carbocycles. The highest BCUT2D eigenvalue weighted by Crippen LogP contribution is 2.22. The minimum absolute atomic E-state index is 0.0512. The number of methoxy groups -OCH3 is 1. The fourth-order valence-electron chi connectivity index (χ4n) is 3.38. The molecule has 1 heterocycles. The third kappa shape index (κ3) is 3.62. The maximum atomic E-state index is 13.0. The van der Waals surface area contributed by atoms with Gasteiger partial charge in [0.2, 0.25) is 0 Å². The average Bonchev–Trinajstić information content (AvgIpc) is 3.14. The van der Waals surface area contributed by atoms with E-state index in [1.165, 1.54) is 5.39 Å². The third-order valence-electron chi connectivity index (χ3n) is 4.83. The summed E-state index contributed by atoms with van der Waals surface area (Å²) in [4.78, 5) is 19.1. The van der Waals surface area contributed by atoms with Crippen LogP contribution in [0.15, 0.2) is 65.1 Å². The number of rotatable bonds is 6. The Morgan fingerprint density at radius 2 is 1.93 bits per heavy atom. The highest BCUT2D eigenvalue weighted by Gasteiger charge is 2.15. The zero-order chi connectivity index (χ0) is 19.5. The number of amides is 1. The average molecular weight is 374 g/mol. The quantitative estimate of drug-likeness (QED) is 0.501. The number of carbonyl (C=O) groups is 1. The van der Waals surface area contributed by atoms with Crippen molar-refractivity contribution >= 4 is 27.8 Å². The Kier molecular flexibility index (Phi) is 5.08. The number of ether oxygens (including phenoxy) is 1. The van der Waals surface area contributed by atoms with E-state index >= 15 is 0 Å².